The second kappa shape index (κ2) is 20.1. The molecule has 1 heterocycles. The number of hydrogen-bond donors (Lipinski definition) is 0. The zero-order valence-electron chi connectivity index (χ0n) is 18.0. The maximum absolute atomic E-state index is 5.72. The summed E-state index contributed by atoms with van der Waals surface area (Å²) in [4.78, 5) is 4.35. The van der Waals surface area contributed by atoms with E-state index in [4.69, 9.17) is 4.74 Å². The molecule has 1 aliphatic rings. The monoisotopic (exact) mass is 400 g/mol. The van der Waals surface area contributed by atoms with Gasteiger partial charge in [-0.1, -0.05) is 76.9 Å². The van der Waals surface area contributed by atoms with Gasteiger partial charge in [-0.3, -0.25) is 0 Å². The Morgan fingerprint density at radius 2 is 1.33 bits per heavy atom. The fourth-order valence-electron chi connectivity index (χ4n) is 3.31. The van der Waals surface area contributed by atoms with Crippen molar-refractivity contribution in [3.8, 4) is 0 Å². The van der Waals surface area contributed by atoms with E-state index in [0.29, 0.717) is 0 Å². The quantitative estimate of drug-likeness (QED) is 0.180. The van der Waals surface area contributed by atoms with E-state index in [9.17, 15) is 0 Å². The minimum absolute atomic E-state index is 0. The molecular weight excluding hydrogens is 356 g/mol. The van der Waals surface area contributed by atoms with Crippen LogP contribution in [0.4, 0.5) is 0 Å². The number of rotatable bonds is 18. The third-order valence-corrected chi connectivity index (χ3v) is 4.99. The zero-order valence-corrected chi connectivity index (χ0v) is 18.9. The van der Waals surface area contributed by atoms with E-state index < -0.39 is 0 Å². The summed E-state index contributed by atoms with van der Waals surface area (Å²) < 4.78 is 5.72. The van der Waals surface area contributed by atoms with E-state index in [-0.39, 0.29) is 12.4 Å². The number of hydrogen-bond acceptors (Lipinski definition) is 3. The molecule has 0 radical (unpaired) electrons. The summed E-state index contributed by atoms with van der Waals surface area (Å²) in [5.41, 5.74) is 0. The van der Waals surface area contributed by atoms with Crippen LogP contribution in [0.15, 0.2) is 24.6 Å². The molecule has 0 atom stereocenters. The van der Waals surface area contributed by atoms with Crippen molar-refractivity contribution in [2.75, 3.05) is 27.1 Å². The highest BCUT2D eigenvalue weighted by Crippen LogP contribution is 2.10. The molecule has 0 aliphatic carbocycles. The van der Waals surface area contributed by atoms with Gasteiger partial charge >= 0.3 is 0 Å². The summed E-state index contributed by atoms with van der Waals surface area (Å²) in [6.07, 6.45) is 28.0. The molecule has 0 saturated heterocycles. The average Bonchev–Trinajstić information content (AvgIpc) is 3.06. The lowest BCUT2D eigenvalue weighted by Gasteiger charge is -2.17. The van der Waals surface area contributed by atoms with E-state index in [1.165, 1.54) is 89.9 Å². The Balaban J connectivity index is 0.00000676. The third kappa shape index (κ3) is 17.2. The number of allylic oxidation sites excluding steroid dienone is 2. The molecule has 1 rings (SSSR count). The molecule has 0 bridgehead atoms. The van der Waals surface area contributed by atoms with Crippen LogP contribution in [0.25, 0.3) is 0 Å². The van der Waals surface area contributed by atoms with E-state index in [2.05, 4.69) is 48.3 Å². The summed E-state index contributed by atoms with van der Waals surface area (Å²) in [7, 11) is 2.09. The van der Waals surface area contributed by atoms with Crippen LogP contribution in [-0.2, 0) is 4.74 Å². The molecule has 0 aromatic rings. The highest BCUT2D eigenvalue weighted by Gasteiger charge is 2.06. The molecule has 0 N–H and O–H groups in total. The minimum Gasteiger partial charge on any atom is -0.362 e. The number of unbranched alkanes of at least 4 members (excludes halogenated alkanes) is 12. The molecule has 3 nitrogen and oxygen atoms in total. The molecule has 4 heteroatoms. The van der Waals surface area contributed by atoms with Crippen molar-refractivity contribution in [3.05, 3.63) is 24.6 Å². The van der Waals surface area contributed by atoms with Crippen molar-refractivity contribution in [2.24, 2.45) is 0 Å². The lowest BCUT2D eigenvalue weighted by atomic mass is 10.1. The van der Waals surface area contributed by atoms with Gasteiger partial charge in [-0.25, -0.2) is 0 Å². The maximum Gasteiger partial charge on any atom is 0.119 e. The molecule has 0 unspecified atom stereocenters. The topological polar surface area (TPSA) is 15.7 Å². The molecule has 0 amide bonds. The average molecular weight is 401 g/mol. The molecule has 0 aromatic carbocycles. The van der Waals surface area contributed by atoms with Gasteiger partial charge in [-0.2, -0.15) is 0 Å². The number of nitrogens with zero attached hydrogens (tertiary/aromatic N) is 2. The zero-order chi connectivity index (χ0) is 18.7. The second-order valence-electron chi connectivity index (χ2n) is 7.76. The Morgan fingerprint density at radius 1 is 0.778 bits per heavy atom. The van der Waals surface area contributed by atoms with Crippen LogP contribution in [0.2, 0.25) is 0 Å². The number of halogens is 1. The van der Waals surface area contributed by atoms with Crippen LogP contribution in [0.3, 0.4) is 0 Å². The summed E-state index contributed by atoms with van der Waals surface area (Å²) in [5, 5.41) is 0. The Hall–Kier alpha value is -0.670. The van der Waals surface area contributed by atoms with E-state index in [0.717, 1.165) is 20.0 Å². The Kier molecular flexibility index (Phi) is 19.6. The Labute approximate surface area is 175 Å². The molecule has 0 spiro atoms. The minimum atomic E-state index is 0. The van der Waals surface area contributed by atoms with Gasteiger partial charge in [0.05, 0.1) is 6.67 Å². The summed E-state index contributed by atoms with van der Waals surface area (Å²) in [6, 6.07) is 0. The van der Waals surface area contributed by atoms with Gasteiger partial charge in [0.25, 0.3) is 0 Å². The molecule has 0 saturated carbocycles. The highest BCUT2D eigenvalue weighted by atomic mass is 35.5. The number of ether oxygens (including phenoxy) is 1. The van der Waals surface area contributed by atoms with Gasteiger partial charge in [0.1, 0.15) is 6.73 Å². The Bertz CT molecular complexity index is 360. The van der Waals surface area contributed by atoms with Crippen molar-refractivity contribution in [3.63, 3.8) is 0 Å². The Morgan fingerprint density at radius 3 is 1.89 bits per heavy atom. The predicted octanol–water partition coefficient (Wildman–Crippen LogP) is 7.10. The van der Waals surface area contributed by atoms with Gasteiger partial charge in [0, 0.05) is 26.1 Å². The summed E-state index contributed by atoms with van der Waals surface area (Å²) in [6.45, 7) is 4.86. The summed E-state index contributed by atoms with van der Waals surface area (Å²) in [5.74, 6) is 0. The van der Waals surface area contributed by atoms with Crippen LogP contribution in [0.5, 0.6) is 0 Å². The smallest absolute Gasteiger partial charge is 0.119 e. The normalized spacial score (nSPS) is 13.7. The fraction of sp³-hybridized carbons (Fsp3) is 0.826. The molecule has 160 valence electrons. The molecule has 0 fully saturated rings. The van der Waals surface area contributed by atoms with E-state index in [1.54, 1.807) is 0 Å². The van der Waals surface area contributed by atoms with Crippen molar-refractivity contribution in [1.82, 2.24) is 9.80 Å². The van der Waals surface area contributed by atoms with Gasteiger partial charge < -0.3 is 14.5 Å². The SMILES string of the molecule is CCCCCCCC/C=C\CCCCCCCCOCN1C=CN(C)C1.Cl. The first-order chi connectivity index (χ1) is 12.8. The molecule has 1 aliphatic heterocycles. The van der Waals surface area contributed by atoms with Crippen molar-refractivity contribution in [2.45, 2.75) is 96.8 Å². The lowest BCUT2D eigenvalue weighted by molar-refractivity contribution is 0.0449. The van der Waals surface area contributed by atoms with Crippen LogP contribution >= 0.6 is 12.4 Å². The van der Waals surface area contributed by atoms with Crippen LogP contribution < -0.4 is 0 Å². The highest BCUT2D eigenvalue weighted by molar-refractivity contribution is 5.85. The van der Waals surface area contributed by atoms with Crippen LogP contribution in [-0.4, -0.2) is 36.9 Å². The van der Waals surface area contributed by atoms with E-state index >= 15 is 0 Å². The van der Waals surface area contributed by atoms with Gasteiger partial charge in [0.2, 0.25) is 0 Å². The van der Waals surface area contributed by atoms with Crippen molar-refractivity contribution < 1.29 is 4.74 Å². The predicted molar refractivity (Wildman–Crippen MR) is 121 cm³/mol. The van der Waals surface area contributed by atoms with Crippen molar-refractivity contribution in [1.29, 1.82) is 0 Å². The summed E-state index contributed by atoms with van der Waals surface area (Å²) >= 11 is 0. The van der Waals surface area contributed by atoms with Gasteiger partial charge in [-0.15, -0.1) is 12.4 Å². The molecule has 0 aromatic heterocycles. The van der Waals surface area contributed by atoms with Gasteiger partial charge in [0.15, 0.2) is 0 Å². The first-order valence-electron chi connectivity index (χ1n) is 11.2. The van der Waals surface area contributed by atoms with Crippen molar-refractivity contribution >= 4 is 12.4 Å². The molecular formula is C23H45ClN2O. The third-order valence-electron chi connectivity index (χ3n) is 4.99. The second-order valence-corrected chi connectivity index (χ2v) is 7.76. The van der Waals surface area contributed by atoms with Crippen LogP contribution in [0, 0.1) is 0 Å². The van der Waals surface area contributed by atoms with E-state index in [1.807, 2.05) is 0 Å². The first-order valence-corrected chi connectivity index (χ1v) is 11.2. The molecule has 27 heavy (non-hydrogen) atoms. The fourth-order valence-corrected chi connectivity index (χ4v) is 3.31. The van der Waals surface area contributed by atoms with Crippen LogP contribution in [0.1, 0.15) is 96.8 Å². The first kappa shape index (κ1) is 26.3. The van der Waals surface area contributed by atoms with Gasteiger partial charge in [-0.05, 0) is 32.1 Å². The maximum atomic E-state index is 5.72. The standard InChI is InChI=1S/C23H44N2O.ClH/c1-3-4-5-6-7-8-9-10-11-12-13-14-15-16-17-18-21-26-23-25-20-19-24(2)22-25;/h10-11,19-20H,3-9,12-18,21-23H2,1-2H3;1H/b11-10-;. The largest absolute Gasteiger partial charge is 0.362 e. The lowest BCUT2D eigenvalue weighted by Crippen LogP contribution is -2.24.